The van der Waals surface area contributed by atoms with Gasteiger partial charge in [0.05, 0.1) is 11.7 Å². The topological polar surface area (TPSA) is 36.7 Å². The van der Waals surface area contributed by atoms with E-state index in [0.717, 1.165) is 17.4 Å². The number of nitrogens with zero attached hydrogens (tertiary/aromatic N) is 5. The van der Waals surface area contributed by atoms with Crippen LogP contribution in [0.1, 0.15) is 30.4 Å². The molecule has 0 aliphatic carbocycles. The van der Waals surface area contributed by atoms with Crippen molar-refractivity contribution >= 4 is 22.6 Å². The molecule has 5 rings (SSSR count). The van der Waals surface area contributed by atoms with Gasteiger partial charge in [-0.15, -0.1) is 0 Å². The van der Waals surface area contributed by atoms with Gasteiger partial charge in [-0.05, 0) is 48.5 Å². The Hall–Kier alpha value is -2.73. The van der Waals surface area contributed by atoms with E-state index in [2.05, 4.69) is 95.1 Å². The van der Waals surface area contributed by atoms with Gasteiger partial charge in [-0.25, -0.2) is 0 Å². The lowest BCUT2D eigenvalue weighted by Crippen LogP contribution is -2.30. The van der Waals surface area contributed by atoms with Crippen LogP contribution in [0.4, 0.5) is 5.69 Å². The van der Waals surface area contributed by atoms with Crippen molar-refractivity contribution in [2.75, 3.05) is 25.5 Å². The monoisotopic (exact) mass is 403 g/mol. The summed E-state index contributed by atoms with van der Waals surface area (Å²) in [6, 6.07) is 19.4. The molecule has 2 aliphatic heterocycles. The van der Waals surface area contributed by atoms with Gasteiger partial charge in [0.2, 0.25) is 0 Å². The molecule has 0 saturated carbocycles. The third-order valence-electron chi connectivity index (χ3n) is 5.61. The van der Waals surface area contributed by atoms with Crippen molar-refractivity contribution in [3.8, 4) is 5.69 Å². The van der Waals surface area contributed by atoms with Crippen LogP contribution in [0.15, 0.2) is 72.0 Å². The summed E-state index contributed by atoms with van der Waals surface area (Å²) in [6.45, 7) is 3.29. The predicted molar refractivity (Wildman–Crippen MR) is 121 cm³/mol. The standard InChI is InChI=1S/C23H25N5S/c1-16-15-28-22(21(25-23(28)29-16)19-7-4-5-13-24-19)20-8-6-14-27(20)18-11-9-17(10-12-18)26(2)3/h4-14,16,21-22H,15H2,1-3H3/t16-,21+,22-/m0/s1. The molecule has 5 nitrogen and oxygen atoms in total. The maximum atomic E-state index is 5.10. The number of aromatic nitrogens is 2. The van der Waals surface area contributed by atoms with Gasteiger partial charge in [-0.3, -0.25) is 9.98 Å². The average molecular weight is 404 g/mol. The van der Waals surface area contributed by atoms with E-state index in [4.69, 9.17) is 4.99 Å². The van der Waals surface area contributed by atoms with Gasteiger partial charge in [0, 0.05) is 55.4 Å². The number of thioether (sulfide) groups is 1. The first-order valence-corrected chi connectivity index (χ1v) is 10.9. The van der Waals surface area contributed by atoms with E-state index in [-0.39, 0.29) is 12.1 Å². The van der Waals surface area contributed by atoms with Crippen LogP contribution in [0.25, 0.3) is 5.69 Å². The fourth-order valence-corrected chi connectivity index (χ4v) is 5.31. The molecule has 1 aromatic carbocycles. The summed E-state index contributed by atoms with van der Waals surface area (Å²) in [4.78, 5) is 14.3. The van der Waals surface area contributed by atoms with Gasteiger partial charge in [0.15, 0.2) is 5.17 Å². The highest BCUT2D eigenvalue weighted by atomic mass is 32.2. The zero-order valence-corrected chi connectivity index (χ0v) is 17.8. The number of rotatable bonds is 4. The molecule has 0 bridgehead atoms. The van der Waals surface area contributed by atoms with E-state index in [1.54, 1.807) is 0 Å². The van der Waals surface area contributed by atoms with Gasteiger partial charge < -0.3 is 14.4 Å². The summed E-state index contributed by atoms with van der Waals surface area (Å²) >= 11 is 1.88. The van der Waals surface area contributed by atoms with Crippen LogP contribution in [0.2, 0.25) is 0 Å². The molecule has 1 fully saturated rings. The van der Waals surface area contributed by atoms with Gasteiger partial charge in [-0.2, -0.15) is 0 Å². The Morgan fingerprint density at radius 2 is 1.86 bits per heavy atom. The molecule has 0 N–H and O–H groups in total. The Morgan fingerprint density at radius 1 is 1.03 bits per heavy atom. The Labute approximate surface area is 176 Å². The van der Waals surface area contributed by atoms with E-state index in [1.807, 2.05) is 24.0 Å². The molecule has 29 heavy (non-hydrogen) atoms. The minimum atomic E-state index is 0.0147. The fourth-order valence-electron chi connectivity index (χ4n) is 4.22. The predicted octanol–water partition coefficient (Wildman–Crippen LogP) is 4.53. The van der Waals surface area contributed by atoms with Crippen molar-refractivity contribution in [1.82, 2.24) is 14.5 Å². The normalized spacial score (nSPS) is 23.2. The van der Waals surface area contributed by atoms with E-state index in [1.165, 1.54) is 17.1 Å². The Kier molecular flexibility index (Phi) is 4.59. The van der Waals surface area contributed by atoms with Crippen molar-refractivity contribution in [1.29, 1.82) is 0 Å². The molecule has 4 heterocycles. The number of pyridine rings is 1. The molecule has 148 valence electrons. The summed E-state index contributed by atoms with van der Waals surface area (Å²) in [7, 11) is 4.13. The minimum absolute atomic E-state index is 0.0147. The molecule has 6 heteroatoms. The number of aliphatic imine (C=N–C) groups is 1. The molecular weight excluding hydrogens is 378 g/mol. The quantitative estimate of drug-likeness (QED) is 0.641. The van der Waals surface area contributed by atoms with Crippen molar-refractivity contribution in [2.45, 2.75) is 24.3 Å². The number of hydrogen-bond donors (Lipinski definition) is 0. The molecular formula is C23H25N5S. The molecule has 3 aromatic rings. The van der Waals surface area contributed by atoms with Crippen LogP contribution in [0, 0.1) is 0 Å². The second kappa shape index (κ2) is 7.26. The van der Waals surface area contributed by atoms with Crippen LogP contribution < -0.4 is 4.90 Å². The maximum absolute atomic E-state index is 5.10. The lowest BCUT2D eigenvalue weighted by Gasteiger charge is -2.28. The van der Waals surface area contributed by atoms with E-state index >= 15 is 0 Å². The van der Waals surface area contributed by atoms with Crippen LogP contribution in [0.3, 0.4) is 0 Å². The summed E-state index contributed by atoms with van der Waals surface area (Å²) in [5, 5.41) is 1.71. The first-order valence-electron chi connectivity index (χ1n) is 9.99. The molecule has 2 aromatic heterocycles. The maximum Gasteiger partial charge on any atom is 0.160 e. The number of hydrogen-bond acceptors (Lipinski definition) is 5. The minimum Gasteiger partial charge on any atom is -0.378 e. The van der Waals surface area contributed by atoms with Gasteiger partial charge in [-0.1, -0.05) is 24.8 Å². The van der Waals surface area contributed by atoms with Crippen molar-refractivity contribution in [3.63, 3.8) is 0 Å². The van der Waals surface area contributed by atoms with Crippen molar-refractivity contribution < 1.29 is 0 Å². The van der Waals surface area contributed by atoms with E-state index < -0.39 is 0 Å². The SMILES string of the molecule is C[C@H]1CN2C(=N[C@H](c3ccccn3)[C@@H]2c2cccn2-c2ccc(N(C)C)cc2)S1. The zero-order valence-electron chi connectivity index (χ0n) is 16.9. The highest BCUT2D eigenvalue weighted by Crippen LogP contribution is 2.47. The second-order valence-corrected chi connectivity index (χ2v) is 9.26. The van der Waals surface area contributed by atoms with Gasteiger partial charge in [0.25, 0.3) is 0 Å². The van der Waals surface area contributed by atoms with Gasteiger partial charge in [0.1, 0.15) is 6.04 Å². The van der Waals surface area contributed by atoms with Crippen LogP contribution in [-0.2, 0) is 0 Å². The third kappa shape index (κ3) is 3.21. The van der Waals surface area contributed by atoms with Crippen LogP contribution in [0.5, 0.6) is 0 Å². The van der Waals surface area contributed by atoms with Crippen LogP contribution in [-0.4, -0.2) is 45.5 Å². The summed E-state index contributed by atoms with van der Waals surface area (Å²) in [5.74, 6) is 0. The Morgan fingerprint density at radius 3 is 2.59 bits per heavy atom. The van der Waals surface area contributed by atoms with Crippen LogP contribution >= 0.6 is 11.8 Å². The molecule has 3 atom stereocenters. The highest BCUT2D eigenvalue weighted by molar-refractivity contribution is 8.14. The molecule has 1 saturated heterocycles. The Bertz CT molecular complexity index is 1020. The lowest BCUT2D eigenvalue weighted by atomic mass is 10.0. The van der Waals surface area contributed by atoms with Crippen molar-refractivity contribution in [2.24, 2.45) is 4.99 Å². The molecule has 0 spiro atoms. The lowest BCUT2D eigenvalue weighted by molar-refractivity contribution is 0.312. The first-order chi connectivity index (χ1) is 14.1. The molecule has 0 unspecified atom stereocenters. The second-order valence-electron chi connectivity index (χ2n) is 7.85. The fraction of sp³-hybridized carbons (Fsp3) is 0.304. The van der Waals surface area contributed by atoms with Crippen molar-refractivity contribution in [3.05, 3.63) is 78.4 Å². The molecule has 2 aliphatic rings. The van der Waals surface area contributed by atoms with Gasteiger partial charge >= 0.3 is 0 Å². The summed E-state index contributed by atoms with van der Waals surface area (Å²) < 4.78 is 2.30. The summed E-state index contributed by atoms with van der Waals surface area (Å²) in [5.41, 5.74) is 4.66. The highest BCUT2D eigenvalue weighted by Gasteiger charge is 2.44. The zero-order chi connectivity index (χ0) is 20.0. The smallest absolute Gasteiger partial charge is 0.160 e. The summed E-state index contributed by atoms with van der Waals surface area (Å²) in [6.07, 6.45) is 4.02. The first kappa shape index (κ1) is 18.3. The Balaban J connectivity index is 1.56. The molecule has 0 amide bonds. The number of benzene rings is 1. The number of amidine groups is 1. The molecule has 0 radical (unpaired) electrons. The average Bonchev–Trinajstić information content (AvgIpc) is 3.42. The third-order valence-corrected chi connectivity index (χ3v) is 6.71. The van der Waals surface area contributed by atoms with E-state index in [9.17, 15) is 0 Å². The largest absolute Gasteiger partial charge is 0.378 e. The number of fused-ring (bicyclic) bond motifs is 1. The number of anilines is 1. The van der Waals surface area contributed by atoms with E-state index in [0.29, 0.717) is 5.25 Å².